The number of thioether (sulfide) groups is 1. The average Bonchev–Trinajstić information content (AvgIpc) is 3.50. The maximum Gasteiger partial charge on any atom is 0.273 e. The molecular formula is C23H18ClN3O3S. The lowest BCUT2D eigenvalue weighted by molar-refractivity contribution is 0.0717. The van der Waals surface area contributed by atoms with Crippen LogP contribution in [0.1, 0.15) is 33.4 Å². The van der Waals surface area contributed by atoms with E-state index >= 15 is 0 Å². The van der Waals surface area contributed by atoms with Gasteiger partial charge in [-0.05, 0) is 54.3 Å². The van der Waals surface area contributed by atoms with Gasteiger partial charge in [0.25, 0.3) is 5.91 Å². The van der Waals surface area contributed by atoms with Crippen LogP contribution in [0.25, 0.3) is 11.3 Å². The molecule has 31 heavy (non-hydrogen) atoms. The van der Waals surface area contributed by atoms with Gasteiger partial charge in [-0.25, -0.2) is 0 Å². The van der Waals surface area contributed by atoms with Crippen LogP contribution >= 0.6 is 23.4 Å². The van der Waals surface area contributed by atoms with Crippen LogP contribution in [0.3, 0.4) is 0 Å². The molecule has 8 heteroatoms. The minimum Gasteiger partial charge on any atom is -0.507 e. The topological polar surface area (TPSA) is 82.4 Å². The number of rotatable bonds is 5. The Labute approximate surface area is 187 Å². The van der Waals surface area contributed by atoms with Crippen LogP contribution in [0.15, 0.2) is 70.2 Å². The van der Waals surface area contributed by atoms with Gasteiger partial charge in [-0.15, -0.1) is 11.8 Å². The van der Waals surface area contributed by atoms with E-state index in [0.717, 1.165) is 10.5 Å². The third-order valence-electron chi connectivity index (χ3n) is 5.42. The largest absolute Gasteiger partial charge is 0.507 e. The highest BCUT2D eigenvalue weighted by Gasteiger charge is 2.42. The third-order valence-corrected chi connectivity index (χ3v) is 6.39. The van der Waals surface area contributed by atoms with Gasteiger partial charge in [-0.1, -0.05) is 23.7 Å². The molecule has 4 aromatic rings. The molecular weight excluding hydrogens is 434 g/mol. The molecule has 0 saturated heterocycles. The van der Waals surface area contributed by atoms with Crippen molar-refractivity contribution in [2.24, 2.45) is 0 Å². The first kappa shape index (κ1) is 19.8. The van der Waals surface area contributed by atoms with Gasteiger partial charge in [-0.3, -0.25) is 9.89 Å². The second-order valence-electron chi connectivity index (χ2n) is 7.21. The molecule has 1 atom stereocenters. The zero-order valence-electron chi connectivity index (χ0n) is 16.5. The zero-order chi connectivity index (χ0) is 21.5. The van der Waals surface area contributed by atoms with Crippen molar-refractivity contribution in [2.45, 2.75) is 17.5 Å². The molecule has 0 fully saturated rings. The first-order valence-electron chi connectivity index (χ1n) is 9.61. The van der Waals surface area contributed by atoms with Crippen LogP contribution in [-0.2, 0) is 6.54 Å². The fourth-order valence-corrected chi connectivity index (χ4v) is 4.55. The molecule has 1 amide bonds. The number of H-pyrrole nitrogens is 1. The summed E-state index contributed by atoms with van der Waals surface area (Å²) >= 11 is 7.84. The Kier molecular flexibility index (Phi) is 5.00. The van der Waals surface area contributed by atoms with Crippen molar-refractivity contribution in [3.63, 3.8) is 0 Å². The van der Waals surface area contributed by atoms with Crippen LogP contribution in [0.2, 0.25) is 5.02 Å². The molecule has 5 rings (SSSR count). The number of aromatic hydroxyl groups is 1. The summed E-state index contributed by atoms with van der Waals surface area (Å²) in [6.07, 6.45) is 3.61. The van der Waals surface area contributed by atoms with E-state index in [4.69, 9.17) is 16.0 Å². The monoisotopic (exact) mass is 451 g/mol. The first-order valence-corrected chi connectivity index (χ1v) is 11.2. The number of aromatic nitrogens is 2. The number of benzene rings is 2. The lowest BCUT2D eigenvalue weighted by Gasteiger charge is -2.25. The van der Waals surface area contributed by atoms with Gasteiger partial charge < -0.3 is 14.4 Å². The van der Waals surface area contributed by atoms with Gasteiger partial charge in [0.1, 0.15) is 22.9 Å². The number of nitrogens with one attached hydrogen (secondary N) is 1. The van der Waals surface area contributed by atoms with E-state index in [1.165, 1.54) is 6.07 Å². The maximum absolute atomic E-state index is 13.3. The summed E-state index contributed by atoms with van der Waals surface area (Å²) in [4.78, 5) is 16.2. The van der Waals surface area contributed by atoms with Crippen molar-refractivity contribution in [2.75, 3.05) is 6.26 Å². The molecule has 1 aliphatic rings. The molecule has 2 N–H and O–H groups in total. The number of nitrogens with zero attached hydrogens (tertiary/aromatic N) is 2. The van der Waals surface area contributed by atoms with Crippen molar-refractivity contribution in [3.8, 4) is 17.0 Å². The lowest BCUT2D eigenvalue weighted by Crippen LogP contribution is -2.28. The lowest BCUT2D eigenvalue weighted by atomic mass is 9.95. The minimum atomic E-state index is -0.393. The van der Waals surface area contributed by atoms with Gasteiger partial charge in [0.05, 0.1) is 18.8 Å². The van der Waals surface area contributed by atoms with Crippen LogP contribution in [-0.4, -0.2) is 32.4 Å². The van der Waals surface area contributed by atoms with Gasteiger partial charge in [0.15, 0.2) is 0 Å². The minimum absolute atomic E-state index is 0.0483. The van der Waals surface area contributed by atoms with Crippen LogP contribution in [0, 0.1) is 0 Å². The summed E-state index contributed by atoms with van der Waals surface area (Å²) in [5, 5.41) is 18.2. The number of furan rings is 1. The molecule has 1 unspecified atom stereocenters. The summed E-state index contributed by atoms with van der Waals surface area (Å²) in [7, 11) is 0. The maximum atomic E-state index is 13.3. The Bertz CT molecular complexity index is 1250. The summed E-state index contributed by atoms with van der Waals surface area (Å²) < 4.78 is 5.51. The predicted molar refractivity (Wildman–Crippen MR) is 119 cm³/mol. The van der Waals surface area contributed by atoms with E-state index in [2.05, 4.69) is 10.2 Å². The predicted octanol–water partition coefficient (Wildman–Crippen LogP) is 5.50. The van der Waals surface area contributed by atoms with Crippen molar-refractivity contribution >= 4 is 29.3 Å². The van der Waals surface area contributed by atoms with Crippen molar-refractivity contribution < 1.29 is 14.3 Å². The van der Waals surface area contributed by atoms with Crippen molar-refractivity contribution in [1.29, 1.82) is 0 Å². The van der Waals surface area contributed by atoms with Crippen molar-refractivity contribution in [1.82, 2.24) is 15.1 Å². The summed E-state index contributed by atoms with van der Waals surface area (Å²) in [6.45, 7) is 0.310. The highest BCUT2D eigenvalue weighted by Crippen LogP contribution is 2.45. The Morgan fingerprint density at radius 3 is 2.74 bits per heavy atom. The Morgan fingerprint density at radius 2 is 2.03 bits per heavy atom. The second kappa shape index (κ2) is 7.83. The number of fused-ring (bicyclic) bond motifs is 1. The second-order valence-corrected chi connectivity index (χ2v) is 8.53. The van der Waals surface area contributed by atoms with Crippen LogP contribution in [0.4, 0.5) is 0 Å². The van der Waals surface area contributed by atoms with Gasteiger partial charge in [0, 0.05) is 21.0 Å². The van der Waals surface area contributed by atoms with Gasteiger partial charge in [0.2, 0.25) is 0 Å². The van der Waals surface area contributed by atoms with E-state index < -0.39 is 6.04 Å². The highest BCUT2D eigenvalue weighted by molar-refractivity contribution is 7.98. The third kappa shape index (κ3) is 3.40. The smallest absolute Gasteiger partial charge is 0.273 e. The fourth-order valence-electron chi connectivity index (χ4n) is 3.97. The number of phenolic OH excluding ortho intramolecular Hbond substituents is 1. The number of hydrogen-bond donors (Lipinski definition) is 2. The summed E-state index contributed by atoms with van der Waals surface area (Å²) in [5.41, 5.74) is 3.04. The molecule has 3 heterocycles. The quantitative estimate of drug-likeness (QED) is 0.392. The normalized spacial score (nSPS) is 15.5. The summed E-state index contributed by atoms with van der Waals surface area (Å²) in [5.74, 6) is 0.557. The summed E-state index contributed by atoms with van der Waals surface area (Å²) in [6, 6.07) is 16.1. The van der Waals surface area contributed by atoms with E-state index in [1.807, 2.05) is 36.6 Å². The van der Waals surface area contributed by atoms with Crippen molar-refractivity contribution in [3.05, 3.63) is 88.5 Å². The first-order chi connectivity index (χ1) is 15.1. The van der Waals surface area contributed by atoms with Gasteiger partial charge >= 0.3 is 0 Å². The molecule has 1 aliphatic heterocycles. The zero-order valence-corrected chi connectivity index (χ0v) is 18.1. The fraction of sp³-hybridized carbons (Fsp3) is 0.130. The number of hydrogen-bond acceptors (Lipinski definition) is 5. The highest BCUT2D eigenvalue weighted by atomic mass is 35.5. The molecule has 156 valence electrons. The molecule has 0 saturated carbocycles. The van der Waals surface area contributed by atoms with Gasteiger partial charge in [-0.2, -0.15) is 5.10 Å². The molecule has 0 bridgehead atoms. The molecule has 2 aromatic heterocycles. The number of phenols is 1. The number of aromatic amines is 1. The molecule has 0 aliphatic carbocycles. The molecule has 2 aromatic carbocycles. The standard InChI is InChI=1S/C23H18ClN3O3S/c1-31-16-7-4-13(5-8-16)22-19-20(17-11-14(24)6-9-18(17)28)25-26-21(19)23(29)27(22)12-15-3-2-10-30-15/h2-11,22,28H,12H2,1H3,(H,25,26). The van der Waals surface area contributed by atoms with E-state index in [0.29, 0.717) is 39.8 Å². The van der Waals surface area contributed by atoms with E-state index in [-0.39, 0.29) is 11.7 Å². The van der Waals surface area contributed by atoms with Crippen LogP contribution < -0.4 is 0 Å². The number of amides is 1. The van der Waals surface area contributed by atoms with E-state index in [1.54, 1.807) is 41.1 Å². The Balaban J connectivity index is 1.67. The Morgan fingerprint density at radius 1 is 1.23 bits per heavy atom. The number of halogens is 1. The number of carbonyl (C=O) groups is 1. The SMILES string of the molecule is CSc1ccc(C2c3c(-c4cc(Cl)ccc4O)n[nH]c3C(=O)N2Cc2ccco2)cc1. The molecule has 6 nitrogen and oxygen atoms in total. The molecule has 0 radical (unpaired) electrons. The average molecular weight is 452 g/mol. The number of carbonyl (C=O) groups excluding carboxylic acids is 1. The Hall–Kier alpha value is -3.16. The van der Waals surface area contributed by atoms with Crippen LogP contribution in [0.5, 0.6) is 5.75 Å². The van der Waals surface area contributed by atoms with E-state index in [9.17, 15) is 9.90 Å². The molecule has 0 spiro atoms.